The lowest BCUT2D eigenvalue weighted by Gasteiger charge is -2.07. The Hall–Kier alpha value is -1.43. The lowest BCUT2D eigenvalue weighted by Crippen LogP contribution is -2.33. The highest BCUT2D eigenvalue weighted by molar-refractivity contribution is 5.89. The third-order valence-corrected chi connectivity index (χ3v) is 2.10. The van der Waals surface area contributed by atoms with E-state index in [-0.39, 0.29) is 12.8 Å². The molecular weight excluding hydrogens is 202 g/mol. The molecule has 0 aromatic heterocycles. The first-order valence-electron chi connectivity index (χ1n) is 4.79. The van der Waals surface area contributed by atoms with Gasteiger partial charge in [-0.2, -0.15) is 0 Å². The zero-order valence-electron chi connectivity index (χ0n) is 8.19. The minimum Gasteiger partial charge on any atom is -0.481 e. The van der Waals surface area contributed by atoms with Gasteiger partial charge in [0.25, 0.3) is 0 Å². The van der Waals surface area contributed by atoms with Crippen LogP contribution < -0.4 is 5.32 Å². The van der Waals surface area contributed by atoms with E-state index in [0.717, 1.165) is 13.0 Å². The molecule has 0 unspecified atom stereocenters. The smallest absolute Gasteiger partial charge is 0.330 e. The van der Waals surface area contributed by atoms with E-state index >= 15 is 0 Å². The summed E-state index contributed by atoms with van der Waals surface area (Å²) in [5, 5.41) is 11.2. The van der Waals surface area contributed by atoms with Crippen LogP contribution in [0.4, 0.5) is 0 Å². The Kier molecular flexibility index (Phi) is 4.23. The number of aliphatic carboxylic acids is 1. The quantitative estimate of drug-likeness (QED) is 0.493. The van der Waals surface area contributed by atoms with E-state index in [1.807, 2.05) is 0 Å². The van der Waals surface area contributed by atoms with Gasteiger partial charge in [0.1, 0.15) is 6.04 Å². The van der Waals surface area contributed by atoms with Gasteiger partial charge in [-0.3, -0.25) is 9.59 Å². The van der Waals surface area contributed by atoms with Crippen LogP contribution in [-0.4, -0.2) is 35.6 Å². The molecule has 84 valence electrons. The van der Waals surface area contributed by atoms with Gasteiger partial charge in [-0.15, -0.1) is 0 Å². The summed E-state index contributed by atoms with van der Waals surface area (Å²) in [4.78, 5) is 32.4. The van der Waals surface area contributed by atoms with Crippen molar-refractivity contribution in [1.82, 2.24) is 5.32 Å². The molecule has 1 aliphatic rings. The molecular formula is C9H13NO5. The van der Waals surface area contributed by atoms with Crippen LogP contribution in [-0.2, 0) is 19.1 Å². The van der Waals surface area contributed by atoms with E-state index in [0.29, 0.717) is 6.42 Å². The fourth-order valence-corrected chi connectivity index (χ4v) is 1.33. The third-order valence-electron chi connectivity index (χ3n) is 2.10. The molecule has 0 bridgehead atoms. The van der Waals surface area contributed by atoms with Crippen molar-refractivity contribution in [3.63, 3.8) is 0 Å². The normalized spacial score (nSPS) is 19.9. The predicted molar refractivity (Wildman–Crippen MR) is 49.0 cm³/mol. The topological polar surface area (TPSA) is 92.7 Å². The van der Waals surface area contributed by atoms with Gasteiger partial charge in [0.15, 0.2) is 0 Å². The Bertz CT molecular complexity index is 270. The molecule has 0 radical (unpaired) electrons. The van der Waals surface area contributed by atoms with Crippen molar-refractivity contribution in [2.75, 3.05) is 6.54 Å². The highest BCUT2D eigenvalue weighted by atomic mass is 16.6. The Balaban J connectivity index is 2.24. The molecule has 6 heteroatoms. The molecule has 0 amide bonds. The summed E-state index contributed by atoms with van der Waals surface area (Å²) < 4.78 is 4.48. The van der Waals surface area contributed by atoms with Crippen LogP contribution in [0.5, 0.6) is 0 Å². The molecule has 15 heavy (non-hydrogen) atoms. The van der Waals surface area contributed by atoms with Crippen LogP contribution in [0.2, 0.25) is 0 Å². The molecule has 0 aliphatic carbocycles. The summed E-state index contributed by atoms with van der Waals surface area (Å²) in [6.07, 6.45) is 0.951. The third kappa shape index (κ3) is 4.07. The first-order valence-corrected chi connectivity index (χ1v) is 4.79. The zero-order chi connectivity index (χ0) is 11.3. The largest absolute Gasteiger partial charge is 0.481 e. The highest BCUT2D eigenvalue weighted by Crippen LogP contribution is 2.07. The molecule has 1 fully saturated rings. The van der Waals surface area contributed by atoms with Crippen molar-refractivity contribution in [1.29, 1.82) is 0 Å². The van der Waals surface area contributed by atoms with Crippen LogP contribution in [0.1, 0.15) is 25.7 Å². The molecule has 1 saturated heterocycles. The van der Waals surface area contributed by atoms with Gasteiger partial charge in [-0.1, -0.05) is 0 Å². The van der Waals surface area contributed by atoms with E-state index in [1.165, 1.54) is 0 Å². The first kappa shape index (κ1) is 11.6. The summed E-state index contributed by atoms with van der Waals surface area (Å²) in [6.45, 7) is 0.739. The predicted octanol–water partition coefficient (Wildman–Crippen LogP) is -0.327. The standard InChI is InChI=1S/C9H13NO5/c11-7(12)3-4-8(13)15-9(14)6-2-1-5-10-6/h6,10H,1-5H2,(H,11,12)/t6-/m0/s1. The minimum absolute atomic E-state index is 0.270. The van der Waals surface area contributed by atoms with Gasteiger partial charge in [0.05, 0.1) is 12.8 Å². The van der Waals surface area contributed by atoms with E-state index < -0.39 is 23.9 Å². The number of hydrogen-bond donors (Lipinski definition) is 2. The lowest BCUT2D eigenvalue weighted by atomic mass is 10.2. The molecule has 1 rings (SSSR count). The maximum atomic E-state index is 11.2. The van der Waals surface area contributed by atoms with Crippen LogP contribution in [0.25, 0.3) is 0 Å². The maximum Gasteiger partial charge on any atom is 0.330 e. The van der Waals surface area contributed by atoms with Gasteiger partial charge in [-0.25, -0.2) is 4.79 Å². The average Bonchev–Trinajstić information content (AvgIpc) is 2.67. The van der Waals surface area contributed by atoms with Gasteiger partial charge in [-0.05, 0) is 19.4 Å². The molecule has 1 aliphatic heterocycles. The van der Waals surface area contributed by atoms with E-state index in [2.05, 4.69) is 10.1 Å². The molecule has 0 aromatic carbocycles. The number of esters is 2. The lowest BCUT2D eigenvalue weighted by molar-refractivity contribution is -0.162. The summed E-state index contributed by atoms with van der Waals surface area (Å²) >= 11 is 0. The van der Waals surface area contributed by atoms with Gasteiger partial charge in [0.2, 0.25) is 0 Å². The number of rotatable bonds is 4. The molecule has 1 atom stereocenters. The number of carboxylic acids is 1. The van der Waals surface area contributed by atoms with Crippen LogP contribution in [0, 0.1) is 0 Å². The summed E-state index contributed by atoms with van der Waals surface area (Å²) in [5.74, 6) is -2.47. The monoisotopic (exact) mass is 215 g/mol. The van der Waals surface area contributed by atoms with Crippen molar-refractivity contribution in [2.45, 2.75) is 31.7 Å². The average molecular weight is 215 g/mol. The Morgan fingerprint density at radius 1 is 1.33 bits per heavy atom. The fraction of sp³-hybridized carbons (Fsp3) is 0.667. The second kappa shape index (κ2) is 5.45. The van der Waals surface area contributed by atoms with E-state index in [1.54, 1.807) is 0 Å². The highest BCUT2D eigenvalue weighted by Gasteiger charge is 2.25. The number of carbonyl (C=O) groups excluding carboxylic acids is 2. The van der Waals surface area contributed by atoms with E-state index in [9.17, 15) is 14.4 Å². The Morgan fingerprint density at radius 3 is 2.60 bits per heavy atom. The van der Waals surface area contributed by atoms with Gasteiger partial charge >= 0.3 is 17.9 Å². The second-order valence-corrected chi connectivity index (χ2v) is 3.34. The zero-order valence-corrected chi connectivity index (χ0v) is 8.19. The molecule has 0 saturated carbocycles. The summed E-state index contributed by atoms with van der Waals surface area (Å²) in [5.41, 5.74) is 0. The van der Waals surface area contributed by atoms with Crippen molar-refractivity contribution >= 4 is 17.9 Å². The summed E-state index contributed by atoms with van der Waals surface area (Å²) in [7, 11) is 0. The van der Waals surface area contributed by atoms with Crippen LogP contribution in [0.15, 0.2) is 0 Å². The molecule has 6 nitrogen and oxygen atoms in total. The van der Waals surface area contributed by atoms with Crippen molar-refractivity contribution < 1.29 is 24.2 Å². The number of ether oxygens (including phenoxy) is 1. The molecule has 0 spiro atoms. The van der Waals surface area contributed by atoms with E-state index in [4.69, 9.17) is 5.11 Å². The molecule has 1 heterocycles. The number of nitrogens with one attached hydrogen (secondary N) is 1. The summed E-state index contributed by atoms with van der Waals surface area (Å²) in [6, 6.07) is -0.418. The number of carboxylic acid groups (broad SMARTS) is 1. The Morgan fingerprint density at radius 2 is 2.07 bits per heavy atom. The number of hydrogen-bond acceptors (Lipinski definition) is 5. The molecule has 0 aromatic rings. The fourth-order valence-electron chi connectivity index (χ4n) is 1.33. The Labute approximate surface area is 86.6 Å². The second-order valence-electron chi connectivity index (χ2n) is 3.34. The van der Waals surface area contributed by atoms with Crippen LogP contribution >= 0.6 is 0 Å². The van der Waals surface area contributed by atoms with Crippen molar-refractivity contribution in [3.05, 3.63) is 0 Å². The van der Waals surface area contributed by atoms with Crippen molar-refractivity contribution in [2.24, 2.45) is 0 Å². The maximum absolute atomic E-state index is 11.2. The van der Waals surface area contributed by atoms with Gasteiger partial charge < -0.3 is 15.2 Å². The van der Waals surface area contributed by atoms with Crippen LogP contribution in [0.3, 0.4) is 0 Å². The number of carbonyl (C=O) groups is 3. The first-order chi connectivity index (χ1) is 7.09. The molecule has 2 N–H and O–H groups in total. The SMILES string of the molecule is O=C(O)CCC(=O)OC(=O)[C@@H]1CCCN1. The minimum atomic E-state index is -1.08. The van der Waals surface area contributed by atoms with Gasteiger partial charge in [0, 0.05) is 0 Å². The van der Waals surface area contributed by atoms with Crippen molar-refractivity contribution in [3.8, 4) is 0 Å².